The minimum absolute atomic E-state index is 0.698. The van der Waals surface area contributed by atoms with Crippen molar-refractivity contribution in [1.29, 1.82) is 0 Å². The molecule has 1 atom stereocenters. The van der Waals surface area contributed by atoms with Crippen LogP contribution in [0, 0.1) is 6.92 Å². The third kappa shape index (κ3) is 2.82. The second kappa shape index (κ2) is 6.56. The Labute approximate surface area is 144 Å². The lowest BCUT2D eigenvalue weighted by Crippen LogP contribution is -2.40. The number of carbonyl (C=O) groups excluding carboxylic acids is 1. The predicted octanol–water partition coefficient (Wildman–Crippen LogP) is 4.03. The van der Waals surface area contributed by atoms with E-state index in [1.165, 1.54) is 44.5 Å². The normalized spacial score (nSPS) is 22.2. The van der Waals surface area contributed by atoms with E-state index in [9.17, 15) is 4.79 Å². The van der Waals surface area contributed by atoms with E-state index in [0.29, 0.717) is 6.04 Å². The molecule has 126 valence electrons. The van der Waals surface area contributed by atoms with Crippen molar-refractivity contribution in [3.8, 4) is 0 Å². The number of nitrogens with zero attached hydrogens (tertiary/aromatic N) is 2. The van der Waals surface area contributed by atoms with Gasteiger partial charge in [0.2, 0.25) is 0 Å². The van der Waals surface area contributed by atoms with E-state index >= 15 is 0 Å². The van der Waals surface area contributed by atoms with Gasteiger partial charge in [0.15, 0.2) is 6.29 Å². The smallest absolute Gasteiger partial charge is 0.150 e. The molecule has 2 aliphatic heterocycles. The molecule has 2 fully saturated rings. The van der Waals surface area contributed by atoms with Crippen molar-refractivity contribution in [3.05, 3.63) is 41.5 Å². The lowest BCUT2D eigenvalue weighted by Gasteiger charge is -2.32. The first kappa shape index (κ1) is 15.6. The zero-order chi connectivity index (χ0) is 16.5. The Balaban J connectivity index is 1.59. The summed E-state index contributed by atoms with van der Waals surface area (Å²) in [5, 5.41) is 2.24. The van der Waals surface area contributed by atoms with Crippen molar-refractivity contribution >= 4 is 22.7 Å². The maximum Gasteiger partial charge on any atom is 0.150 e. The Morgan fingerprint density at radius 2 is 1.83 bits per heavy atom. The van der Waals surface area contributed by atoms with Gasteiger partial charge in [-0.2, -0.15) is 0 Å². The van der Waals surface area contributed by atoms with E-state index in [2.05, 4.69) is 34.1 Å². The van der Waals surface area contributed by atoms with Gasteiger partial charge in [0.1, 0.15) is 0 Å². The zero-order valence-corrected chi connectivity index (χ0v) is 14.5. The minimum atomic E-state index is 0.698. The maximum atomic E-state index is 11.5. The number of likely N-dealkylation sites (tertiary alicyclic amines) is 1. The van der Waals surface area contributed by atoms with Crippen LogP contribution in [0.4, 0.5) is 5.69 Å². The monoisotopic (exact) mass is 322 g/mol. The molecule has 0 spiro atoms. The average Bonchev–Trinajstić information content (AvgIpc) is 3.12. The van der Waals surface area contributed by atoms with Gasteiger partial charge in [0, 0.05) is 30.4 Å². The van der Waals surface area contributed by atoms with Crippen molar-refractivity contribution in [2.45, 2.75) is 38.6 Å². The second-order valence-electron chi connectivity index (χ2n) is 7.30. The summed E-state index contributed by atoms with van der Waals surface area (Å²) >= 11 is 0. The summed E-state index contributed by atoms with van der Waals surface area (Å²) in [5.41, 5.74) is 3.15. The fourth-order valence-electron chi connectivity index (χ4n) is 4.35. The van der Waals surface area contributed by atoms with Crippen LogP contribution < -0.4 is 4.90 Å². The molecule has 2 aliphatic rings. The molecule has 0 aliphatic carbocycles. The van der Waals surface area contributed by atoms with Crippen LogP contribution in [0.1, 0.15) is 41.6 Å². The Morgan fingerprint density at radius 3 is 2.62 bits per heavy atom. The van der Waals surface area contributed by atoms with Crippen LogP contribution in [0.5, 0.6) is 0 Å². The molecule has 0 radical (unpaired) electrons. The fraction of sp³-hybridized carbons (Fsp3) is 0.476. The van der Waals surface area contributed by atoms with Gasteiger partial charge in [-0.3, -0.25) is 9.69 Å². The van der Waals surface area contributed by atoms with Gasteiger partial charge in [0.25, 0.3) is 0 Å². The van der Waals surface area contributed by atoms with E-state index in [1.807, 2.05) is 13.0 Å². The number of benzene rings is 2. The highest BCUT2D eigenvalue weighted by Gasteiger charge is 2.28. The Morgan fingerprint density at radius 1 is 1.04 bits per heavy atom. The highest BCUT2D eigenvalue weighted by molar-refractivity contribution is 6.00. The molecule has 24 heavy (non-hydrogen) atoms. The number of aldehydes is 1. The van der Waals surface area contributed by atoms with Crippen LogP contribution >= 0.6 is 0 Å². The molecule has 2 saturated heterocycles. The van der Waals surface area contributed by atoms with Gasteiger partial charge < -0.3 is 4.90 Å². The average molecular weight is 322 g/mol. The van der Waals surface area contributed by atoms with Crippen molar-refractivity contribution in [1.82, 2.24) is 4.90 Å². The molecular formula is C21H26N2O. The van der Waals surface area contributed by atoms with Crippen LogP contribution in [0.15, 0.2) is 30.3 Å². The van der Waals surface area contributed by atoms with Crippen molar-refractivity contribution in [2.24, 2.45) is 0 Å². The summed E-state index contributed by atoms with van der Waals surface area (Å²) in [6, 6.07) is 11.4. The number of fused-ring (bicyclic) bond motifs is 1. The molecule has 0 N–H and O–H groups in total. The molecule has 2 aromatic rings. The Bertz CT molecular complexity index is 749. The van der Waals surface area contributed by atoms with Crippen LogP contribution in [0.25, 0.3) is 10.8 Å². The highest BCUT2D eigenvalue weighted by Crippen LogP contribution is 2.30. The summed E-state index contributed by atoms with van der Waals surface area (Å²) in [6.07, 6.45) is 6.36. The van der Waals surface area contributed by atoms with Crippen LogP contribution in [0.2, 0.25) is 0 Å². The topological polar surface area (TPSA) is 23.6 Å². The molecule has 3 heteroatoms. The quantitative estimate of drug-likeness (QED) is 0.797. The largest absolute Gasteiger partial charge is 0.370 e. The van der Waals surface area contributed by atoms with E-state index in [1.54, 1.807) is 0 Å². The third-order valence-corrected chi connectivity index (χ3v) is 5.82. The van der Waals surface area contributed by atoms with Gasteiger partial charge in [-0.25, -0.2) is 0 Å². The SMILES string of the molecule is Cc1ccc2ccc(N3CCC(N4CCCCC4)C3)cc2c1C=O. The Kier molecular flexibility index (Phi) is 4.28. The number of hydrogen-bond donors (Lipinski definition) is 0. The van der Waals surface area contributed by atoms with Gasteiger partial charge in [-0.05, 0) is 67.7 Å². The first-order chi connectivity index (χ1) is 11.8. The molecule has 2 heterocycles. The molecule has 3 nitrogen and oxygen atoms in total. The van der Waals surface area contributed by atoms with Crippen molar-refractivity contribution in [2.75, 3.05) is 31.1 Å². The van der Waals surface area contributed by atoms with Gasteiger partial charge in [-0.15, -0.1) is 0 Å². The lowest BCUT2D eigenvalue weighted by molar-refractivity contribution is 0.112. The molecule has 0 aromatic heterocycles. The van der Waals surface area contributed by atoms with Gasteiger partial charge >= 0.3 is 0 Å². The number of rotatable bonds is 3. The Hall–Kier alpha value is -1.87. The summed E-state index contributed by atoms with van der Waals surface area (Å²) in [7, 11) is 0. The molecule has 2 aromatic carbocycles. The second-order valence-corrected chi connectivity index (χ2v) is 7.30. The van der Waals surface area contributed by atoms with Crippen LogP contribution in [-0.2, 0) is 0 Å². The molecule has 0 bridgehead atoms. The fourth-order valence-corrected chi connectivity index (χ4v) is 4.35. The van der Waals surface area contributed by atoms with E-state index in [-0.39, 0.29) is 0 Å². The number of aryl methyl sites for hydroxylation is 1. The summed E-state index contributed by atoms with van der Waals surface area (Å²) < 4.78 is 0. The minimum Gasteiger partial charge on any atom is -0.370 e. The number of hydrogen-bond acceptors (Lipinski definition) is 3. The van der Waals surface area contributed by atoms with E-state index in [4.69, 9.17) is 0 Å². The first-order valence-corrected chi connectivity index (χ1v) is 9.24. The van der Waals surface area contributed by atoms with E-state index in [0.717, 1.165) is 41.3 Å². The van der Waals surface area contributed by atoms with E-state index < -0.39 is 0 Å². The molecule has 0 amide bonds. The van der Waals surface area contributed by atoms with Crippen molar-refractivity contribution < 1.29 is 4.79 Å². The number of carbonyl (C=O) groups is 1. The first-order valence-electron chi connectivity index (χ1n) is 9.24. The summed E-state index contributed by atoms with van der Waals surface area (Å²) in [6.45, 7) is 6.79. The van der Waals surface area contributed by atoms with Gasteiger partial charge in [0.05, 0.1) is 0 Å². The van der Waals surface area contributed by atoms with Gasteiger partial charge in [-0.1, -0.05) is 24.6 Å². The molecular weight excluding hydrogens is 296 g/mol. The lowest BCUT2D eigenvalue weighted by atomic mass is 10.00. The molecule has 1 unspecified atom stereocenters. The number of piperidine rings is 1. The predicted molar refractivity (Wildman–Crippen MR) is 100 cm³/mol. The third-order valence-electron chi connectivity index (χ3n) is 5.82. The number of anilines is 1. The van der Waals surface area contributed by atoms with Crippen LogP contribution in [-0.4, -0.2) is 43.4 Å². The van der Waals surface area contributed by atoms with Crippen molar-refractivity contribution in [3.63, 3.8) is 0 Å². The standard InChI is InChI=1S/C21H26N2O/c1-16-5-6-17-7-8-18(13-20(17)21(16)15-24)23-12-9-19(14-23)22-10-3-2-4-11-22/h5-8,13,15,19H,2-4,9-12,14H2,1H3. The summed E-state index contributed by atoms with van der Waals surface area (Å²) in [5.74, 6) is 0. The molecule has 4 rings (SSSR count). The van der Waals surface area contributed by atoms with Crippen LogP contribution in [0.3, 0.4) is 0 Å². The molecule has 0 saturated carbocycles. The highest BCUT2D eigenvalue weighted by atomic mass is 16.1. The zero-order valence-electron chi connectivity index (χ0n) is 14.5. The summed E-state index contributed by atoms with van der Waals surface area (Å²) in [4.78, 5) is 16.7. The maximum absolute atomic E-state index is 11.5.